The molecule has 6 rings (SSSR count). The lowest BCUT2D eigenvalue weighted by atomic mass is 9.12. The molecule has 0 saturated heterocycles. The molecular formula is C44H22BBrF24N2O. The number of carbonyl (C=O) groups excluding carboxylic acids is 1. The van der Waals surface area contributed by atoms with E-state index in [0.29, 0.717) is 12.1 Å². The molecular weight excluding hydrogens is 1120 g/mol. The zero-order valence-corrected chi connectivity index (χ0v) is 36.7. The van der Waals surface area contributed by atoms with Crippen molar-refractivity contribution in [2.75, 3.05) is 0 Å². The Kier molecular flexibility index (Phi) is 15.7. The summed E-state index contributed by atoms with van der Waals surface area (Å²) in [7, 11) is 0. The zero-order valence-electron chi connectivity index (χ0n) is 35.1. The number of nitrogens with zero attached hydrogens (tertiary/aromatic N) is 2. The molecule has 0 bridgehead atoms. The highest BCUT2D eigenvalue weighted by molar-refractivity contribution is 9.10. The summed E-state index contributed by atoms with van der Waals surface area (Å²) in [4.78, 5) is 15.9. The Morgan fingerprint density at radius 2 is 0.630 bits per heavy atom. The maximum Gasteiger partial charge on any atom is 0.416 e. The number of ketones is 1. The van der Waals surface area contributed by atoms with Crippen LogP contribution in [0.4, 0.5) is 105 Å². The highest BCUT2D eigenvalue weighted by atomic mass is 79.9. The zero-order chi connectivity index (χ0) is 55.3. The van der Waals surface area contributed by atoms with Crippen LogP contribution in [0.25, 0.3) is 0 Å². The number of aromatic nitrogens is 2. The molecule has 0 saturated carbocycles. The summed E-state index contributed by atoms with van der Waals surface area (Å²) in [5.41, 5.74) is -29.5. The number of hydrogen-bond acceptors (Lipinski definition) is 2. The van der Waals surface area contributed by atoms with Crippen LogP contribution in [0, 0.1) is 0 Å². The fraction of sp³-hybridized carbons (Fsp3) is 0.205. The number of hydrogen-bond donors (Lipinski definition) is 0. The standard InChI is InChI=1S/C32H12BF24.C12H10BrN2O/c34-25(35,36)13-1-14(26(37,38)39)6-21(5-13)33(22-7-15(27(40,41)42)2-16(8-22)28(43,44)45,23-9-17(29(46,47)48)3-18(10-23)30(49,50)51)24-11-19(31(52,53)54)4-20(12-24)32(55,56)57;13-11-4-2-1-3-10(11)12(16)9-15-7-5-14-6-8-15/h1-12H;1-8H,9H2/q-1;+1. The predicted octanol–water partition coefficient (Wildman–Crippen LogP) is 13.2. The third-order valence-electron chi connectivity index (χ3n) is 10.6. The summed E-state index contributed by atoms with van der Waals surface area (Å²) in [6.07, 6.45) is -47.9. The Balaban J connectivity index is 0.000000520. The third kappa shape index (κ3) is 13.5. The molecule has 0 unspecified atom stereocenters. The molecule has 0 fully saturated rings. The molecule has 0 spiro atoms. The van der Waals surface area contributed by atoms with Crippen molar-refractivity contribution in [1.82, 2.24) is 4.98 Å². The monoisotopic (exact) mass is 1140 g/mol. The van der Waals surface area contributed by atoms with Gasteiger partial charge in [-0.1, -0.05) is 82.7 Å². The minimum atomic E-state index is -6.13. The van der Waals surface area contributed by atoms with Crippen molar-refractivity contribution in [3.8, 4) is 0 Å². The molecule has 0 aliphatic heterocycles. The minimum Gasteiger partial charge on any atom is -0.287 e. The maximum atomic E-state index is 14.2. The van der Waals surface area contributed by atoms with E-state index in [-0.39, 0.29) is 5.78 Å². The Morgan fingerprint density at radius 3 is 0.849 bits per heavy atom. The van der Waals surface area contributed by atoms with Gasteiger partial charge in [0.2, 0.25) is 12.3 Å². The first kappa shape index (κ1) is 57.6. The van der Waals surface area contributed by atoms with Gasteiger partial charge in [-0.3, -0.25) is 9.78 Å². The van der Waals surface area contributed by atoms with Crippen molar-refractivity contribution < 1.29 is 115 Å². The number of alkyl halides is 24. The summed E-state index contributed by atoms with van der Waals surface area (Å²) in [5, 5.41) is 0. The number of carbonyl (C=O) groups is 1. The fourth-order valence-corrected chi connectivity index (χ4v) is 7.97. The van der Waals surface area contributed by atoms with E-state index < -0.39 is 195 Å². The van der Waals surface area contributed by atoms with Gasteiger partial charge in [-0.05, 0) is 30.3 Å². The lowest BCUT2D eigenvalue weighted by molar-refractivity contribution is -0.683. The Bertz CT molecular complexity index is 2530. The predicted molar refractivity (Wildman–Crippen MR) is 213 cm³/mol. The second-order valence-electron chi connectivity index (χ2n) is 15.5. The van der Waals surface area contributed by atoms with Crippen molar-refractivity contribution in [2.24, 2.45) is 0 Å². The second-order valence-corrected chi connectivity index (χ2v) is 16.4. The van der Waals surface area contributed by atoms with Crippen LogP contribution >= 0.6 is 15.9 Å². The number of rotatable bonds is 7. The van der Waals surface area contributed by atoms with Crippen molar-refractivity contribution in [2.45, 2.75) is 56.0 Å². The molecule has 0 N–H and O–H groups in total. The van der Waals surface area contributed by atoms with Crippen LogP contribution in [0.5, 0.6) is 0 Å². The molecule has 5 aromatic carbocycles. The van der Waals surface area contributed by atoms with Crippen LogP contribution in [-0.2, 0) is 56.0 Å². The van der Waals surface area contributed by atoms with E-state index in [0.717, 1.165) is 4.47 Å². The first-order chi connectivity index (χ1) is 33.0. The fourth-order valence-electron chi connectivity index (χ4n) is 7.46. The lowest BCUT2D eigenvalue weighted by Gasteiger charge is -2.46. The molecule has 3 nitrogen and oxygen atoms in total. The summed E-state index contributed by atoms with van der Waals surface area (Å²) < 4.78 is 343. The van der Waals surface area contributed by atoms with Crippen LogP contribution in [-0.4, -0.2) is 16.9 Å². The molecule has 73 heavy (non-hydrogen) atoms. The van der Waals surface area contributed by atoms with Gasteiger partial charge in [-0.15, -0.1) is 0 Å². The molecule has 0 amide bonds. The smallest absolute Gasteiger partial charge is 0.287 e. The summed E-state index contributed by atoms with van der Waals surface area (Å²) in [6, 6.07) is -1.39. The minimum absolute atomic E-state index is 0.0728. The number of benzene rings is 5. The van der Waals surface area contributed by atoms with Crippen molar-refractivity contribution in [3.05, 3.63) is 176 Å². The molecule has 6 aromatic rings. The topological polar surface area (TPSA) is 33.8 Å². The van der Waals surface area contributed by atoms with E-state index in [1.54, 1.807) is 29.4 Å². The van der Waals surface area contributed by atoms with Gasteiger partial charge in [0, 0.05) is 10.0 Å². The van der Waals surface area contributed by atoms with E-state index >= 15 is 0 Å². The normalized spacial score (nSPS) is 13.4. The van der Waals surface area contributed by atoms with Crippen LogP contribution < -0.4 is 26.4 Å². The van der Waals surface area contributed by atoms with Crippen molar-refractivity contribution in [1.29, 1.82) is 0 Å². The van der Waals surface area contributed by atoms with Gasteiger partial charge in [-0.2, -0.15) is 132 Å². The van der Waals surface area contributed by atoms with Gasteiger partial charge in [0.15, 0.2) is 12.4 Å². The molecule has 1 aromatic heterocycles. The van der Waals surface area contributed by atoms with Gasteiger partial charge in [0.1, 0.15) is 6.15 Å². The Labute approximate surface area is 401 Å². The molecule has 392 valence electrons. The van der Waals surface area contributed by atoms with Crippen LogP contribution in [0.1, 0.15) is 54.9 Å². The van der Waals surface area contributed by atoms with Crippen LogP contribution in [0.2, 0.25) is 0 Å². The first-order valence-electron chi connectivity index (χ1n) is 19.5. The molecule has 29 heteroatoms. The van der Waals surface area contributed by atoms with Gasteiger partial charge in [-0.25, -0.2) is 0 Å². The molecule has 0 radical (unpaired) electrons. The Hall–Kier alpha value is -6.29. The lowest BCUT2D eigenvalue weighted by Crippen LogP contribution is -2.75. The van der Waals surface area contributed by atoms with Gasteiger partial charge >= 0.3 is 49.4 Å². The van der Waals surface area contributed by atoms with Crippen molar-refractivity contribution >= 4 is 49.7 Å². The molecule has 1 heterocycles. The van der Waals surface area contributed by atoms with Gasteiger partial charge in [0.05, 0.1) is 56.9 Å². The summed E-state index contributed by atoms with van der Waals surface area (Å²) >= 11 is 3.37. The largest absolute Gasteiger partial charge is 0.416 e. The summed E-state index contributed by atoms with van der Waals surface area (Å²) in [5.74, 6) is 0.0728. The maximum absolute atomic E-state index is 14.2. The SMILES string of the molecule is FC(F)(F)c1cc([B-](c2cc(C(F)(F)F)cc(C(F)(F)F)c2)(c2cc(C(F)(F)F)cc(C(F)(F)F)c2)c2cc(C(F)(F)F)cc(C(F)(F)F)c2)cc(C(F)(F)F)c1.O=C(C[n+]1ccncc1)c1ccccc1Br. The van der Waals surface area contributed by atoms with Crippen LogP contribution in [0.3, 0.4) is 0 Å². The van der Waals surface area contributed by atoms with Gasteiger partial charge < -0.3 is 0 Å². The van der Waals surface area contributed by atoms with E-state index in [1.165, 1.54) is 0 Å². The molecule has 0 aliphatic carbocycles. The number of halogens is 25. The van der Waals surface area contributed by atoms with Crippen molar-refractivity contribution in [3.63, 3.8) is 0 Å². The average Bonchev–Trinajstić information content (AvgIpc) is 3.24. The van der Waals surface area contributed by atoms with E-state index in [1.807, 2.05) is 24.3 Å². The average molecular weight is 1140 g/mol. The quantitative estimate of drug-likeness (QED) is 0.0691. The van der Waals surface area contributed by atoms with E-state index in [4.69, 9.17) is 0 Å². The number of Topliss-reactive ketones (excluding diaryl/α,β-unsaturated/α-hetero) is 1. The molecule has 0 aliphatic rings. The summed E-state index contributed by atoms with van der Waals surface area (Å²) in [6.45, 7) is 0.325. The second kappa shape index (κ2) is 19.9. The Morgan fingerprint density at radius 1 is 0.397 bits per heavy atom. The third-order valence-corrected chi connectivity index (χ3v) is 11.3. The highest BCUT2D eigenvalue weighted by Gasteiger charge is 2.47. The van der Waals surface area contributed by atoms with Gasteiger partial charge in [0.25, 0.3) is 0 Å². The van der Waals surface area contributed by atoms with Crippen LogP contribution in [0.15, 0.2) is 126 Å². The first-order valence-corrected chi connectivity index (χ1v) is 20.3. The van der Waals surface area contributed by atoms with E-state index in [9.17, 15) is 110 Å². The van der Waals surface area contributed by atoms with E-state index in [2.05, 4.69) is 20.9 Å². The molecule has 0 atom stereocenters. The highest BCUT2D eigenvalue weighted by Crippen LogP contribution is 2.41.